The smallest absolute Gasteiger partial charge is 0.306 e. The molecule has 0 amide bonds. The molecule has 9 heteroatoms. The van der Waals surface area contributed by atoms with Crippen molar-refractivity contribution in [3.63, 3.8) is 0 Å². The number of allylic oxidation sites excluding steroid dienone is 12. The third kappa shape index (κ3) is 56.5. The molecule has 0 N–H and O–H groups in total. The van der Waals surface area contributed by atoms with Gasteiger partial charge < -0.3 is 33.3 Å². The first-order valence-electron chi connectivity index (χ1n) is 30.6. The largest absolute Gasteiger partial charge is 0.545 e. The first-order valence-corrected chi connectivity index (χ1v) is 30.6. The molecule has 0 aliphatic heterocycles. The summed E-state index contributed by atoms with van der Waals surface area (Å²) in [6.45, 7) is 4.64. The van der Waals surface area contributed by atoms with Crippen LogP contribution in [-0.2, 0) is 33.3 Å². The summed E-state index contributed by atoms with van der Waals surface area (Å²) in [6.07, 6.45) is 69.6. The standard InChI is InChI=1S/C65H115NO8/c1-6-8-10-12-14-16-18-20-22-24-25-26-27-28-29-30-31-32-33-34-35-36-37-38-39-40-42-44-46-48-50-52-54-56-63(68)74-61(60-73-65(64(69)70)71-58-57-66(3,4)5)59-72-62(67)55-53-51-49-47-45-43-41-23-21-19-17-15-13-11-9-7-2/h8,10,14,16,20,22-23,25-26,28-29,41,61,65H,6-7,9,11-13,15,17-19,21,24,27,30-40,42-60H2,1-5H3/b10-8-,16-14-,22-20-,26-25-,29-28-,41-23-. The van der Waals surface area contributed by atoms with Gasteiger partial charge in [-0.05, 0) is 83.5 Å². The maximum absolute atomic E-state index is 12.9. The van der Waals surface area contributed by atoms with Crippen molar-refractivity contribution in [1.82, 2.24) is 0 Å². The Labute approximate surface area is 456 Å². The van der Waals surface area contributed by atoms with Gasteiger partial charge >= 0.3 is 11.9 Å². The van der Waals surface area contributed by atoms with Gasteiger partial charge in [0.2, 0.25) is 0 Å². The maximum atomic E-state index is 12.9. The van der Waals surface area contributed by atoms with Crippen LogP contribution in [0.3, 0.4) is 0 Å². The quantitative estimate of drug-likeness (QED) is 0.0195. The van der Waals surface area contributed by atoms with Crippen molar-refractivity contribution < 1.29 is 42.9 Å². The Balaban J connectivity index is 4.12. The van der Waals surface area contributed by atoms with E-state index in [9.17, 15) is 19.5 Å². The molecule has 0 rings (SSSR count). The monoisotopic (exact) mass is 1040 g/mol. The molecule has 0 bridgehead atoms. The summed E-state index contributed by atoms with van der Waals surface area (Å²) in [4.78, 5) is 37.3. The number of hydrogen-bond acceptors (Lipinski definition) is 8. The van der Waals surface area contributed by atoms with Gasteiger partial charge in [-0.2, -0.15) is 0 Å². The number of likely N-dealkylation sites (N-methyl/N-ethyl adjacent to an activating group) is 1. The van der Waals surface area contributed by atoms with Crippen LogP contribution >= 0.6 is 0 Å². The van der Waals surface area contributed by atoms with Crippen molar-refractivity contribution in [2.75, 3.05) is 47.5 Å². The second-order valence-corrected chi connectivity index (χ2v) is 21.6. The van der Waals surface area contributed by atoms with Crippen LogP contribution in [0.25, 0.3) is 0 Å². The van der Waals surface area contributed by atoms with Crippen LogP contribution in [0.1, 0.15) is 264 Å². The highest BCUT2D eigenvalue weighted by molar-refractivity contribution is 5.70. The molecule has 0 spiro atoms. The summed E-state index contributed by atoms with van der Waals surface area (Å²) < 4.78 is 22.7. The van der Waals surface area contributed by atoms with Gasteiger partial charge in [0, 0.05) is 12.8 Å². The number of quaternary nitrogens is 1. The molecule has 2 unspecified atom stereocenters. The lowest BCUT2D eigenvalue weighted by molar-refractivity contribution is -0.870. The average molecular weight is 1040 g/mol. The number of esters is 2. The van der Waals surface area contributed by atoms with Gasteiger partial charge in [0.05, 0.1) is 40.3 Å². The Kier molecular flexibility index (Phi) is 53.5. The molecule has 74 heavy (non-hydrogen) atoms. The molecule has 428 valence electrons. The maximum Gasteiger partial charge on any atom is 0.306 e. The lowest BCUT2D eigenvalue weighted by Crippen LogP contribution is -2.44. The summed E-state index contributed by atoms with van der Waals surface area (Å²) in [7, 11) is 5.92. The Hall–Kier alpha value is -3.27. The zero-order chi connectivity index (χ0) is 54.1. The topological polar surface area (TPSA) is 111 Å². The van der Waals surface area contributed by atoms with Gasteiger partial charge in [0.15, 0.2) is 12.4 Å². The number of ether oxygens (including phenoxy) is 4. The minimum Gasteiger partial charge on any atom is -0.545 e. The molecule has 2 atom stereocenters. The van der Waals surface area contributed by atoms with Gasteiger partial charge in [-0.1, -0.05) is 241 Å². The van der Waals surface area contributed by atoms with Crippen LogP contribution < -0.4 is 5.11 Å². The van der Waals surface area contributed by atoms with Crippen LogP contribution in [0.4, 0.5) is 0 Å². The fraction of sp³-hybridized carbons (Fsp3) is 0.769. The van der Waals surface area contributed by atoms with Gasteiger partial charge in [0.1, 0.15) is 13.2 Å². The first-order chi connectivity index (χ1) is 36.1. The summed E-state index contributed by atoms with van der Waals surface area (Å²) in [6, 6.07) is 0. The SMILES string of the molecule is CC/C=C\C/C=C\C/C=C\C/C=C\C/C=C\CCCCCCCCCCCCCCCCCCCC(=O)OC(COC(=O)CCCCCCC/C=C\CCCCCCCCC)COC(OCC[N+](C)(C)C)C(=O)[O-]. The number of carboxylic acids is 1. The molecule has 0 aliphatic carbocycles. The Morgan fingerprint density at radius 1 is 0.419 bits per heavy atom. The van der Waals surface area contributed by atoms with E-state index in [4.69, 9.17) is 18.9 Å². The van der Waals surface area contributed by atoms with Crippen LogP contribution in [0.5, 0.6) is 0 Å². The van der Waals surface area contributed by atoms with E-state index in [-0.39, 0.29) is 38.6 Å². The van der Waals surface area contributed by atoms with E-state index >= 15 is 0 Å². The van der Waals surface area contributed by atoms with Crippen LogP contribution in [0, 0.1) is 0 Å². The fourth-order valence-electron chi connectivity index (χ4n) is 8.50. The second-order valence-electron chi connectivity index (χ2n) is 21.6. The Bertz CT molecular complexity index is 1440. The van der Waals surface area contributed by atoms with Crippen molar-refractivity contribution in [2.45, 2.75) is 277 Å². The minimum atomic E-state index is -1.62. The summed E-state index contributed by atoms with van der Waals surface area (Å²) in [5.74, 6) is -2.29. The van der Waals surface area contributed by atoms with Gasteiger partial charge in [-0.15, -0.1) is 0 Å². The predicted molar refractivity (Wildman–Crippen MR) is 311 cm³/mol. The van der Waals surface area contributed by atoms with Crippen LogP contribution in [0.15, 0.2) is 72.9 Å². The number of nitrogens with zero attached hydrogens (tertiary/aromatic N) is 1. The van der Waals surface area contributed by atoms with Crippen LogP contribution in [0.2, 0.25) is 0 Å². The van der Waals surface area contributed by atoms with Crippen LogP contribution in [-0.4, -0.2) is 82.3 Å². The van der Waals surface area contributed by atoms with E-state index in [1.165, 1.54) is 148 Å². The minimum absolute atomic E-state index is 0.146. The third-order valence-corrected chi connectivity index (χ3v) is 13.2. The number of rotatable bonds is 56. The van der Waals surface area contributed by atoms with E-state index in [1.807, 2.05) is 21.1 Å². The average Bonchev–Trinajstić information content (AvgIpc) is 3.37. The first kappa shape index (κ1) is 70.7. The summed E-state index contributed by atoms with van der Waals surface area (Å²) >= 11 is 0. The number of carbonyl (C=O) groups is 3. The van der Waals surface area contributed by atoms with Crippen molar-refractivity contribution in [2.24, 2.45) is 0 Å². The number of unbranched alkanes of at least 4 members (excludes halogenated alkanes) is 29. The Morgan fingerprint density at radius 3 is 1.16 bits per heavy atom. The van der Waals surface area contributed by atoms with Crippen molar-refractivity contribution >= 4 is 17.9 Å². The van der Waals surface area contributed by atoms with Crippen molar-refractivity contribution in [1.29, 1.82) is 0 Å². The zero-order valence-corrected chi connectivity index (χ0v) is 48.7. The van der Waals surface area contributed by atoms with E-state index in [0.29, 0.717) is 17.4 Å². The molecule has 0 fully saturated rings. The molecule has 0 saturated heterocycles. The van der Waals surface area contributed by atoms with E-state index in [1.54, 1.807) is 0 Å². The zero-order valence-electron chi connectivity index (χ0n) is 48.7. The van der Waals surface area contributed by atoms with Crippen molar-refractivity contribution in [3.8, 4) is 0 Å². The summed E-state index contributed by atoms with van der Waals surface area (Å²) in [5, 5.41) is 11.8. The molecule has 0 aromatic carbocycles. The van der Waals surface area contributed by atoms with Gasteiger partial charge in [-0.3, -0.25) is 9.59 Å². The number of carbonyl (C=O) groups excluding carboxylic acids is 3. The van der Waals surface area contributed by atoms with E-state index in [0.717, 1.165) is 83.5 Å². The van der Waals surface area contributed by atoms with E-state index in [2.05, 4.69) is 86.8 Å². The molecule has 0 heterocycles. The molecule has 0 aliphatic rings. The number of hydrogen-bond donors (Lipinski definition) is 0. The highest BCUT2D eigenvalue weighted by atomic mass is 16.7. The number of carboxylic acid groups (broad SMARTS) is 1. The molecule has 0 aromatic rings. The molecule has 9 nitrogen and oxygen atoms in total. The second kappa shape index (κ2) is 55.9. The summed E-state index contributed by atoms with van der Waals surface area (Å²) in [5.41, 5.74) is 0. The highest BCUT2D eigenvalue weighted by Gasteiger charge is 2.22. The molecular formula is C65H115NO8. The number of aliphatic carboxylic acids is 1. The molecule has 0 radical (unpaired) electrons. The Morgan fingerprint density at radius 2 is 0.770 bits per heavy atom. The molecule has 0 aromatic heterocycles. The van der Waals surface area contributed by atoms with Gasteiger partial charge in [-0.25, -0.2) is 0 Å². The highest BCUT2D eigenvalue weighted by Crippen LogP contribution is 2.16. The van der Waals surface area contributed by atoms with Gasteiger partial charge in [0.25, 0.3) is 0 Å². The fourth-order valence-corrected chi connectivity index (χ4v) is 8.50. The van der Waals surface area contributed by atoms with E-state index < -0.39 is 24.3 Å². The predicted octanol–water partition coefficient (Wildman–Crippen LogP) is 16.8. The van der Waals surface area contributed by atoms with Crippen molar-refractivity contribution in [3.05, 3.63) is 72.9 Å². The lowest BCUT2D eigenvalue weighted by Gasteiger charge is -2.26. The molecular weight excluding hydrogens is 923 g/mol. The lowest BCUT2D eigenvalue weighted by atomic mass is 10.0. The molecule has 0 saturated carbocycles. The third-order valence-electron chi connectivity index (χ3n) is 13.2. The normalized spacial score (nSPS) is 13.3.